The molecular formula is C19H22Cl2NO2+. The van der Waals surface area contributed by atoms with Gasteiger partial charge in [0.15, 0.2) is 11.5 Å². The number of rotatable bonds is 4. The van der Waals surface area contributed by atoms with Gasteiger partial charge in [-0.3, -0.25) is 0 Å². The largest absolute Gasteiger partial charge is 0.493 e. The first-order valence-corrected chi connectivity index (χ1v) is 8.71. The second-order valence-corrected chi connectivity index (χ2v) is 7.46. The Labute approximate surface area is 153 Å². The zero-order valence-electron chi connectivity index (χ0n) is 14.2. The maximum Gasteiger partial charge on any atom is 0.161 e. The Bertz CT molecular complexity index is 763. The fourth-order valence-electron chi connectivity index (χ4n) is 3.42. The van der Waals surface area contributed by atoms with E-state index in [2.05, 4.69) is 19.2 Å². The smallest absolute Gasteiger partial charge is 0.161 e. The number of ether oxygens (including phenoxy) is 2. The van der Waals surface area contributed by atoms with Crippen LogP contribution >= 0.6 is 23.2 Å². The van der Waals surface area contributed by atoms with Crippen LogP contribution in [0.25, 0.3) is 0 Å². The van der Waals surface area contributed by atoms with Crippen LogP contribution in [0.1, 0.15) is 16.7 Å². The molecule has 24 heavy (non-hydrogen) atoms. The van der Waals surface area contributed by atoms with Gasteiger partial charge < -0.3 is 14.0 Å². The zero-order valence-corrected chi connectivity index (χ0v) is 15.7. The van der Waals surface area contributed by atoms with E-state index in [0.717, 1.165) is 52.6 Å². The summed E-state index contributed by atoms with van der Waals surface area (Å²) in [4.78, 5) is 0. The van der Waals surface area contributed by atoms with Gasteiger partial charge >= 0.3 is 0 Å². The molecule has 3 rings (SSSR count). The van der Waals surface area contributed by atoms with E-state index in [0.29, 0.717) is 5.02 Å². The minimum absolute atomic E-state index is 0.673. The minimum Gasteiger partial charge on any atom is -0.493 e. The number of likely N-dealkylation sites (N-methyl/N-ethyl adjacent to an activating group) is 1. The molecule has 128 valence electrons. The fraction of sp³-hybridized carbons (Fsp3) is 0.368. The quantitative estimate of drug-likeness (QED) is 0.729. The number of benzene rings is 2. The first-order valence-electron chi connectivity index (χ1n) is 7.95. The average molecular weight is 367 g/mol. The molecule has 0 saturated carbocycles. The van der Waals surface area contributed by atoms with Gasteiger partial charge in [-0.05, 0) is 29.8 Å². The number of fused-ring (bicyclic) bond motifs is 1. The van der Waals surface area contributed by atoms with Gasteiger partial charge in [0.2, 0.25) is 0 Å². The van der Waals surface area contributed by atoms with E-state index in [4.69, 9.17) is 32.7 Å². The van der Waals surface area contributed by atoms with Crippen molar-refractivity contribution in [2.24, 2.45) is 0 Å². The van der Waals surface area contributed by atoms with E-state index in [1.165, 1.54) is 11.1 Å². The highest BCUT2D eigenvalue weighted by Gasteiger charge is 2.30. The van der Waals surface area contributed by atoms with Gasteiger partial charge in [0.25, 0.3) is 0 Å². The topological polar surface area (TPSA) is 18.5 Å². The maximum absolute atomic E-state index is 6.37. The molecule has 0 unspecified atom stereocenters. The van der Waals surface area contributed by atoms with Crippen molar-refractivity contribution in [3.63, 3.8) is 0 Å². The highest BCUT2D eigenvalue weighted by molar-refractivity contribution is 6.35. The summed E-state index contributed by atoms with van der Waals surface area (Å²) in [6, 6.07) is 9.95. The Morgan fingerprint density at radius 2 is 1.67 bits per heavy atom. The minimum atomic E-state index is 0.673. The second kappa shape index (κ2) is 6.83. The van der Waals surface area contributed by atoms with Crippen LogP contribution in [0, 0.1) is 0 Å². The molecular weight excluding hydrogens is 345 g/mol. The third-order valence-corrected chi connectivity index (χ3v) is 5.33. The molecule has 0 amide bonds. The molecule has 1 heterocycles. The number of quaternary nitrogens is 1. The normalized spacial score (nSPS) is 19.7. The molecule has 3 nitrogen and oxygen atoms in total. The van der Waals surface area contributed by atoms with E-state index in [1.54, 1.807) is 14.2 Å². The van der Waals surface area contributed by atoms with Crippen LogP contribution < -0.4 is 9.47 Å². The summed E-state index contributed by atoms with van der Waals surface area (Å²) < 4.78 is 11.8. The molecule has 2 aromatic rings. The summed E-state index contributed by atoms with van der Waals surface area (Å²) in [5.74, 6) is 1.59. The van der Waals surface area contributed by atoms with Crippen LogP contribution in [0.3, 0.4) is 0 Å². The molecule has 5 heteroatoms. The van der Waals surface area contributed by atoms with Gasteiger partial charge in [-0.1, -0.05) is 29.3 Å². The molecule has 0 fully saturated rings. The lowest BCUT2D eigenvalue weighted by atomic mass is 9.96. The van der Waals surface area contributed by atoms with Crippen LogP contribution in [0.2, 0.25) is 10.0 Å². The van der Waals surface area contributed by atoms with Crippen molar-refractivity contribution in [1.29, 1.82) is 0 Å². The van der Waals surface area contributed by atoms with Gasteiger partial charge in [-0.25, -0.2) is 0 Å². The van der Waals surface area contributed by atoms with Crippen LogP contribution in [-0.4, -0.2) is 32.3 Å². The predicted octanol–water partition coefficient (Wildman–Crippen LogP) is 4.71. The zero-order chi connectivity index (χ0) is 17.3. The maximum atomic E-state index is 6.37. The van der Waals surface area contributed by atoms with Gasteiger partial charge in [0, 0.05) is 22.6 Å². The number of nitrogens with zero attached hydrogens (tertiary/aromatic N) is 1. The Morgan fingerprint density at radius 3 is 2.29 bits per heavy atom. The highest BCUT2D eigenvalue weighted by Crippen LogP contribution is 2.36. The number of methoxy groups -OCH3 is 2. The first kappa shape index (κ1) is 17.4. The third-order valence-electron chi connectivity index (χ3n) is 4.75. The molecule has 1 atom stereocenters. The monoisotopic (exact) mass is 366 g/mol. The van der Waals surface area contributed by atoms with Crippen molar-refractivity contribution in [3.05, 3.63) is 57.1 Å². The van der Waals surface area contributed by atoms with E-state index >= 15 is 0 Å². The van der Waals surface area contributed by atoms with E-state index < -0.39 is 0 Å². The summed E-state index contributed by atoms with van der Waals surface area (Å²) >= 11 is 12.4. The number of halogens is 2. The van der Waals surface area contributed by atoms with Crippen molar-refractivity contribution < 1.29 is 14.0 Å². The highest BCUT2D eigenvalue weighted by atomic mass is 35.5. The Balaban J connectivity index is 1.87. The first-order chi connectivity index (χ1) is 11.4. The van der Waals surface area contributed by atoms with Crippen molar-refractivity contribution in [3.8, 4) is 11.5 Å². The summed E-state index contributed by atoms with van der Waals surface area (Å²) in [6.07, 6.45) is 1.01. The molecule has 0 N–H and O–H groups in total. The second-order valence-electron chi connectivity index (χ2n) is 6.62. The Morgan fingerprint density at radius 1 is 1.00 bits per heavy atom. The van der Waals surface area contributed by atoms with Gasteiger partial charge in [0.1, 0.15) is 13.1 Å². The molecule has 0 aliphatic carbocycles. The standard InChI is InChI=1S/C19H22Cl2NO2/c1-22(11-14-4-5-16(20)10-17(14)21)7-6-13-8-18(23-2)19(24-3)9-15(13)12-22/h4-5,8-10H,6-7,11-12H2,1-3H3/q+1/t22-/m1/s1. The summed E-state index contributed by atoms with van der Waals surface area (Å²) in [7, 11) is 5.62. The van der Waals surface area contributed by atoms with Gasteiger partial charge in [-0.15, -0.1) is 0 Å². The van der Waals surface area contributed by atoms with Crippen LogP contribution in [0.15, 0.2) is 30.3 Å². The summed E-state index contributed by atoms with van der Waals surface area (Å²) in [5.41, 5.74) is 3.78. The molecule has 1 aliphatic heterocycles. The lowest BCUT2D eigenvalue weighted by molar-refractivity contribution is -0.937. The van der Waals surface area contributed by atoms with E-state index in [-0.39, 0.29) is 0 Å². The van der Waals surface area contributed by atoms with Crippen molar-refractivity contribution >= 4 is 23.2 Å². The fourth-order valence-corrected chi connectivity index (χ4v) is 3.89. The number of hydrogen-bond acceptors (Lipinski definition) is 2. The predicted molar refractivity (Wildman–Crippen MR) is 98.2 cm³/mol. The molecule has 0 saturated heterocycles. The van der Waals surface area contributed by atoms with Crippen LogP contribution in [0.5, 0.6) is 11.5 Å². The van der Waals surface area contributed by atoms with Crippen LogP contribution in [0.4, 0.5) is 0 Å². The van der Waals surface area contributed by atoms with Crippen LogP contribution in [-0.2, 0) is 19.5 Å². The third kappa shape index (κ3) is 3.49. The summed E-state index contributed by atoms with van der Waals surface area (Å²) in [6.45, 7) is 2.87. The molecule has 0 spiro atoms. The summed E-state index contributed by atoms with van der Waals surface area (Å²) in [5, 5.41) is 1.41. The molecule has 0 bridgehead atoms. The molecule has 2 aromatic carbocycles. The lowest BCUT2D eigenvalue weighted by Gasteiger charge is -2.39. The Hall–Kier alpha value is -1.42. The lowest BCUT2D eigenvalue weighted by Crippen LogP contribution is -2.46. The van der Waals surface area contributed by atoms with E-state index in [1.807, 2.05) is 18.2 Å². The molecule has 1 aliphatic rings. The average Bonchev–Trinajstić information content (AvgIpc) is 2.56. The number of hydrogen-bond donors (Lipinski definition) is 0. The van der Waals surface area contributed by atoms with Crippen molar-refractivity contribution in [1.82, 2.24) is 0 Å². The van der Waals surface area contributed by atoms with E-state index in [9.17, 15) is 0 Å². The SMILES string of the molecule is COc1cc2c(cc1OC)C[N@@+](C)(Cc1ccc(Cl)cc1Cl)CC2. The molecule has 0 aromatic heterocycles. The van der Waals surface area contributed by atoms with Gasteiger partial charge in [0.05, 0.1) is 32.8 Å². The Kier molecular flexibility index (Phi) is 4.95. The van der Waals surface area contributed by atoms with Crippen molar-refractivity contribution in [2.45, 2.75) is 19.5 Å². The molecule has 0 radical (unpaired) electrons. The van der Waals surface area contributed by atoms with Gasteiger partial charge in [-0.2, -0.15) is 0 Å². The van der Waals surface area contributed by atoms with Crippen molar-refractivity contribution in [2.75, 3.05) is 27.8 Å².